The Morgan fingerprint density at radius 3 is 2.35 bits per heavy atom. The summed E-state index contributed by atoms with van der Waals surface area (Å²) in [5.41, 5.74) is -1.92. The molecule has 34 heavy (non-hydrogen) atoms. The summed E-state index contributed by atoms with van der Waals surface area (Å²) in [5.74, 6) is -4.35. The van der Waals surface area contributed by atoms with Crippen molar-refractivity contribution in [2.75, 3.05) is 0 Å². The molecule has 4 aromatic rings. The van der Waals surface area contributed by atoms with Crippen molar-refractivity contribution in [2.24, 2.45) is 0 Å². The monoisotopic (exact) mass is 471 g/mol. The van der Waals surface area contributed by atoms with Crippen LogP contribution in [-0.4, -0.2) is 40.9 Å². The highest BCUT2D eigenvalue weighted by molar-refractivity contribution is 5.87. The molecule has 4 rings (SSSR count). The molecule has 0 fully saturated rings. The van der Waals surface area contributed by atoms with Gasteiger partial charge in [0.1, 0.15) is 36.2 Å². The van der Waals surface area contributed by atoms with E-state index in [9.17, 15) is 23.1 Å². The van der Waals surface area contributed by atoms with Gasteiger partial charge in [0.2, 0.25) is 0 Å². The second-order valence-corrected chi connectivity index (χ2v) is 7.29. The molecule has 8 nitrogen and oxygen atoms in total. The van der Waals surface area contributed by atoms with Gasteiger partial charge in [-0.3, -0.25) is 0 Å². The van der Waals surface area contributed by atoms with Crippen molar-refractivity contribution in [2.45, 2.75) is 25.0 Å². The first-order chi connectivity index (χ1) is 16.2. The summed E-state index contributed by atoms with van der Waals surface area (Å²) in [6, 6.07) is 11.1. The summed E-state index contributed by atoms with van der Waals surface area (Å²) in [4.78, 5) is 21.4. The van der Waals surface area contributed by atoms with Crippen LogP contribution in [0.5, 0.6) is 0 Å². The highest BCUT2D eigenvalue weighted by atomic mass is 19.1. The lowest BCUT2D eigenvalue weighted by Gasteiger charge is -2.34. The number of aliphatic hydroxyl groups is 1. The summed E-state index contributed by atoms with van der Waals surface area (Å²) < 4.78 is 43.0. The van der Waals surface area contributed by atoms with Gasteiger partial charge in [-0.05, 0) is 18.2 Å². The van der Waals surface area contributed by atoms with Gasteiger partial charge in [0, 0.05) is 17.5 Å². The molecule has 11 heteroatoms. The molecule has 0 bridgehead atoms. The number of halogens is 3. The Bertz CT molecular complexity index is 1240. The summed E-state index contributed by atoms with van der Waals surface area (Å²) in [5, 5.41) is 23.6. The van der Waals surface area contributed by atoms with Crippen LogP contribution in [0.1, 0.15) is 34.5 Å². The van der Waals surface area contributed by atoms with Gasteiger partial charge in [-0.1, -0.05) is 31.2 Å². The quantitative estimate of drug-likeness (QED) is 0.442. The Hall–Kier alpha value is -4.12. The number of hydrogen-bond acceptors (Lipinski definition) is 6. The van der Waals surface area contributed by atoms with E-state index in [1.165, 1.54) is 24.3 Å². The molecule has 2 atom stereocenters. The Balaban J connectivity index is 0.000000302. The van der Waals surface area contributed by atoms with Crippen molar-refractivity contribution in [3.63, 3.8) is 0 Å². The van der Waals surface area contributed by atoms with Crippen molar-refractivity contribution >= 4 is 5.97 Å². The standard InChI is InChI=1S/C16H14F3N5O.C7H6O2/c1-10(15-14(19)5-20-7-22-15)16(25,6-24-9-21-8-23-24)12-3-2-11(17)4-13(12)18;8-7(9)6-4-2-1-3-5-6/h2-5,7-10,25H,6H2,1H3;1-5H,(H,8,9)/t10-,16+;/m0./s1. The van der Waals surface area contributed by atoms with Crippen molar-refractivity contribution < 1.29 is 28.2 Å². The second-order valence-electron chi connectivity index (χ2n) is 7.29. The minimum Gasteiger partial charge on any atom is -0.478 e. The van der Waals surface area contributed by atoms with Crippen LogP contribution in [-0.2, 0) is 12.1 Å². The number of aromatic carboxylic acids is 1. The zero-order chi connectivity index (χ0) is 24.7. The average molecular weight is 471 g/mol. The number of carboxylic acid groups (broad SMARTS) is 1. The number of nitrogens with zero attached hydrogens (tertiary/aromatic N) is 5. The highest BCUT2D eigenvalue weighted by Crippen LogP contribution is 2.39. The van der Waals surface area contributed by atoms with E-state index in [0.29, 0.717) is 11.6 Å². The number of carboxylic acids is 1. The predicted octanol–water partition coefficient (Wildman–Crippen LogP) is 3.56. The first kappa shape index (κ1) is 24.5. The Kier molecular flexibility index (Phi) is 7.69. The molecule has 0 saturated carbocycles. The Morgan fingerprint density at radius 2 is 1.79 bits per heavy atom. The van der Waals surface area contributed by atoms with Crippen LogP contribution < -0.4 is 0 Å². The van der Waals surface area contributed by atoms with Crippen LogP contribution in [0.15, 0.2) is 73.7 Å². The molecule has 0 saturated heterocycles. The van der Waals surface area contributed by atoms with Gasteiger partial charge in [0.05, 0.1) is 24.0 Å². The Morgan fingerprint density at radius 1 is 1.06 bits per heavy atom. The van der Waals surface area contributed by atoms with Gasteiger partial charge in [-0.25, -0.2) is 37.6 Å². The SMILES string of the molecule is C[C@@H](c1ncncc1F)[C@](O)(Cn1cncn1)c1ccc(F)cc1F.O=C(O)c1ccccc1. The van der Waals surface area contributed by atoms with E-state index in [1.54, 1.807) is 30.3 Å². The van der Waals surface area contributed by atoms with Gasteiger partial charge in [0.15, 0.2) is 5.82 Å². The fraction of sp³-hybridized carbons (Fsp3) is 0.174. The molecule has 2 aromatic heterocycles. The largest absolute Gasteiger partial charge is 0.478 e. The lowest BCUT2D eigenvalue weighted by Crippen LogP contribution is -2.39. The molecule has 0 aliphatic carbocycles. The van der Waals surface area contributed by atoms with Gasteiger partial charge in [-0.2, -0.15) is 5.10 Å². The summed E-state index contributed by atoms with van der Waals surface area (Å²) >= 11 is 0. The highest BCUT2D eigenvalue weighted by Gasteiger charge is 2.41. The minimum atomic E-state index is -1.96. The first-order valence-electron chi connectivity index (χ1n) is 9.96. The predicted molar refractivity (Wildman–Crippen MR) is 114 cm³/mol. The minimum absolute atomic E-state index is 0.0960. The van der Waals surface area contributed by atoms with Gasteiger partial charge < -0.3 is 10.2 Å². The summed E-state index contributed by atoms with van der Waals surface area (Å²) in [6.07, 6.45) is 4.66. The van der Waals surface area contributed by atoms with Crippen LogP contribution >= 0.6 is 0 Å². The van der Waals surface area contributed by atoms with Crippen LogP contribution in [0.25, 0.3) is 0 Å². The van der Waals surface area contributed by atoms with Crippen LogP contribution in [0.3, 0.4) is 0 Å². The molecule has 0 aliphatic rings. The first-order valence-corrected chi connectivity index (χ1v) is 9.96. The topological polar surface area (TPSA) is 114 Å². The van der Waals surface area contributed by atoms with Gasteiger partial charge in [-0.15, -0.1) is 0 Å². The molecule has 0 aliphatic heterocycles. The molecule has 2 heterocycles. The zero-order valence-corrected chi connectivity index (χ0v) is 17.9. The third-order valence-electron chi connectivity index (χ3n) is 5.11. The van der Waals surface area contributed by atoms with Crippen molar-refractivity contribution in [1.29, 1.82) is 0 Å². The van der Waals surface area contributed by atoms with E-state index >= 15 is 0 Å². The van der Waals surface area contributed by atoms with Crippen LogP contribution in [0.2, 0.25) is 0 Å². The fourth-order valence-electron chi connectivity index (χ4n) is 3.30. The molecule has 0 unspecified atom stereocenters. The second kappa shape index (κ2) is 10.7. The number of carbonyl (C=O) groups is 1. The van der Waals surface area contributed by atoms with Crippen LogP contribution in [0.4, 0.5) is 13.2 Å². The van der Waals surface area contributed by atoms with E-state index in [-0.39, 0.29) is 17.8 Å². The van der Waals surface area contributed by atoms with Crippen molar-refractivity contribution in [3.8, 4) is 0 Å². The third kappa shape index (κ3) is 5.62. The third-order valence-corrected chi connectivity index (χ3v) is 5.11. The van der Waals surface area contributed by atoms with E-state index < -0.39 is 34.9 Å². The van der Waals surface area contributed by atoms with E-state index in [2.05, 4.69) is 20.1 Å². The lowest BCUT2D eigenvalue weighted by molar-refractivity contribution is -0.0133. The van der Waals surface area contributed by atoms with E-state index in [4.69, 9.17) is 5.11 Å². The van der Waals surface area contributed by atoms with E-state index in [1.807, 2.05) is 0 Å². The maximum Gasteiger partial charge on any atom is 0.335 e. The summed E-state index contributed by atoms with van der Waals surface area (Å²) in [7, 11) is 0. The Labute approximate surface area is 192 Å². The molecule has 2 N–H and O–H groups in total. The van der Waals surface area contributed by atoms with Gasteiger partial charge in [0.25, 0.3) is 0 Å². The van der Waals surface area contributed by atoms with Gasteiger partial charge >= 0.3 is 5.97 Å². The molecular weight excluding hydrogens is 451 g/mol. The maximum absolute atomic E-state index is 14.4. The molecule has 0 amide bonds. The van der Waals surface area contributed by atoms with Crippen LogP contribution in [0, 0.1) is 17.5 Å². The number of benzene rings is 2. The zero-order valence-electron chi connectivity index (χ0n) is 17.9. The smallest absolute Gasteiger partial charge is 0.335 e. The van der Waals surface area contributed by atoms with Crippen molar-refractivity contribution in [1.82, 2.24) is 24.7 Å². The number of rotatable bonds is 6. The normalized spacial score (nSPS) is 13.3. The molecule has 0 radical (unpaired) electrons. The molecule has 2 aromatic carbocycles. The fourth-order valence-corrected chi connectivity index (χ4v) is 3.30. The van der Waals surface area contributed by atoms with E-state index in [0.717, 1.165) is 24.7 Å². The van der Waals surface area contributed by atoms with Crippen molar-refractivity contribution in [3.05, 3.63) is 108 Å². The summed E-state index contributed by atoms with van der Waals surface area (Å²) in [6.45, 7) is 1.26. The maximum atomic E-state index is 14.4. The molecular formula is C23H20F3N5O3. The number of aromatic nitrogens is 5. The molecule has 0 spiro atoms. The number of hydrogen-bond donors (Lipinski definition) is 2. The molecule has 176 valence electrons. The average Bonchev–Trinajstić information content (AvgIpc) is 3.32. The lowest BCUT2D eigenvalue weighted by atomic mass is 9.79.